The number of rotatable bonds is 12. The number of hydrogen-bond donors (Lipinski definition) is 1. The lowest BCUT2D eigenvalue weighted by atomic mass is 10.0. The summed E-state index contributed by atoms with van der Waals surface area (Å²) in [5, 5.41) is 9.24. The molecule has 0 saturated heterocycles. The van der Waals surface area contributed by atoms with Gasteiger partial charge in [0, 0.05) is 11.8 Å². The van der Waals surface area contributed by atoms with Crippen molar-refractivity contribution in [3.05, 3.63) is 48.3 Å². The zero-order valence-electron chi connectivity index (χ0n) is 15.6. The molecule has 1 heterocycles. The van der Waals surface area contributed by atoms with Gasteiger partial charge in [0.1, 0.15) is 5.75 Å². The van der Waals surface area contributed by atoms with Gasteiger partial charge in [0.05, 0.1) is 6.61 Å². The first-order chi connectivity index (χ1) is 12.7. The lowest BCUT2D eigenvalue weighted by molar-refractivity contribution is 0.0691. The van der Waals surface area contributed by atoms with E-state index in [2.05, 4.69) is 11.9 Å². The quantitative estimate of drug-likeness (QED) is 0.477. The van der Waals surface area contributed by atoms with Crippen LogP contribution in [-0.2, 0) is 0 Å². The van der Waals surface area contributed by atoms with Crippen molar-refractivity contribution in [1.29, 1.82) is 0 Å². The van der Waals surface area contributed by atoms with Crippen LogP contribution in [0.2, 0.25) is 0 Å². The molecule has 1 N–H and O–H groups in total. The van der Waals surface area contributed by atoms with Gasteiger partial charge in [0.25, 0.3) is 0 Å². The summed E-state index contributed by atoms with van der Waals surface area (Å²) in [4.78, 5) is 15.2. The molecule has 1 aromatic heterocycles. The number of carbonyl (C=O) groups is 1. The minimum absolute atomic E-state index is 0.0695. The van der Waals surface area contributed by atoms with E-state index in [9.17, 15) is 9.90 Å². The summed E-state index contributed by atoms with van der Waals surface area (Å²) in [6, 6.07) is 11.1. The Morgan fingerprint density at radius 2 is 1.62 bits per heavy atom. The van der Waals surface area contributed by atoms with Crippen LogP contribution in [0, 0.1) is 0 Å². The maximum atomic E-state index is 11.3. The molecule has 0 bridgehead atoms. The number of nitrogens with zero attached hydrogens (tertiary/aromatic N) is 1. The maximum Gasteiger partial charge on any atom is 0.355 e. The third kappa shape index (κ3) is 6.51. The molecule has 2 rings (SSSR count). The van der Waals surface area contributed by atoms with Crippen LogP contribution >= 0.6 is 0 Å². The van der Waals surface area contributed by atoms with Crippen molar-refractivity contribution in [1.82, 2.24) is 4.98 Å². The van der Waals surface area contributed by atoms with Gasteiger partial charge in [-0.2, -0.15) is 0 Å². The van der Waals surface area contributed by atoms with Crippen molar-refractivity contribution in [3.8, 4) is 16.9 Å². The van der Waals surface area contributed by atoms with Crippen LogP contribution in [0.15, 0.2) is 42.6 Å². The van der Waals surface area contributed by atoms with Gasteiger partial charge in [-0.25, -0.2) is 9.78 Å². The molecule has 2 aromatic rings. The number of ether oxygens (including phenoxy) is 1. The second-order valence-electron chi connectivity index (χ2n) is 6.55. The second-order valence-corrected chi connectivity index (χ2v) is 6.55. The third-order valence-electron chi connectivity index (χ3n) is 4.44. The first-order valence-electron chi connectivity index (χ1n) is 9.64. The second kappa shape index (κ2) is 11.3. The van der Waals surface area contributed by atoms with E-state index >= 15 is 0 Å². The highest BCUT2D eigenvalue weighted by atomic mass is 16.5. The van der Waals surface area contributed by atoms with E-state index in [4.69, 9.17) is 4.74 Å². The van der Waals surface area contributed by atoms with E-state index in [1.165, 1.54) is 51.1 Å². The molecule has 140 valence electrons. The zero-order valence-corrected chi connectivity index (χ0v) is 15.6. The number of pyridine rings is 1. The zero-order chi connectivity index (χ0) is 18.6. The minimum atomic E-state index is -1.02. The average molecular weight is 355 g/mol. The normalized spacial score (nSPS) is 10.7. The van der Waals surface area contributed by atoms with Crippen molar-refractivity contribution in [2.24, 2.45) is 0 Å². The van der Waals surface area contributed by atoms with Gasteiger partial charge in [-0.3, -0.25) is 0 Å². The standard InChI is InChI=1S/C22H29NO3/c1-2-3-4-5-6-7-8-9-17-26-19-14-12-18(13-15-19)20-11-10-16-23-21(20)22(24)25/h10-16H,2-9,17H2,1H3,(H,24,25). The summed E-state index contributed by atoms with van der Waals surface area (Å²) < 4.78 is 5.79. The van der Waals surface area contributed by atoms with Crippen LogP contribution < -0.4 is 4.74 Å². The van der Waals surface area contributed by atoms with Crippen LogP contribution in [0.3, 0.4) is 0 Å². The van der Waals surface area contributed by atoms with Crippen LogP contribution in [0.4, 0.5) is 0 Å². The minimum Gasteiger partial charge on any atom is -0.494 e. The van der Waals surface area contributed by atoms with E-state index in [0.29, 0.717) is 5.56 Å². The van der Waals surface area contributed by atoms with Gasteiger partial charge in [-0.15, -0.1) is 0 Å². The van der Waals surface area contributed by atoms with Gasteiger partial charge in [-0.1, -0.05) is 70.1 Å². The highest BCUT2D eigenvalue weighted by molar-refractivity contribution is 5.93. The molecule has 0 aliphatic carbocycles. The number of aromatic carboxylic acids is 1. The molecule has 4 nitrogen and oxygen atoms in total. The highest BCUT2D eigenvalue weighted by Gasteiger charge is 2.12. The maximum absolute atomic E-state index is 11.3. The van der Waals surface area contributed by atoms with E-state index < -0.39 is 5.97 Å². The van der Waals surface area contributed by atoms with E-state index in [1.54, 1.807) is 12.1 Å². The van der Waals surface area contributed by atoms with Crippen molar-refractivity contribution >= 4 is 5.97 Å². The molecular weight excluding hydrogens is 326 g/mol. The molecule has 0 spiro atoms. The fourth-order valence-corrected chi connectivity index (χ4v) is 2.97. The molecule has 0 saturated carbocycles. The molecule has 0 fully saturated rings. The van der Waals surface area contributed by atoms with Gasteiger partial charge in [-0.05, 0) is 30.2 Å². The number of carboxylic acids is 1. The lowest BCUT2D eigenvalue weighted by Gasteiger charge is -2.08. The summed E-state index contributed by atoms with van der Waals surface area (Å²) in [7, 11) is 0. The van der Waals surface area contributed by atoms with Crippen LogP contribution in [-0.4, -0.2) is 22.7 Å². The van der Waals surface area contributed by atoms with E-state index in [0.717, 1.165) is 24.3 Å². The molecule has 0 amide bonds. The first-order valence-corrected chi connectivity index (χ1v) is 9.64. The predicted molar refractivity (Wildman–Crippen MR) is 105 cm³/mol. The Labute approximate surface area is 156 Å². The summed E-state index contributed by atoms with van der Waals surface area (Å²) in [6.07, 6.45) is 11.7. The van der Waals surface area contributed by atoms with Crippen LogP contribution in [0.25, 0.3) is 11.1 Å². The Hall–Kier alpha value is -2.36. The summed E-state index contributed by atoms with van der Waals surface area (Å²) >= 11 is 0. The van der Waals surface area contributed by atoms with Crippen molar-refractivity contribution in [2.45, 2.75) is 58.3 Å². The fraction of sp³-hybridized carbons (Fsp3) is 0.455. The Morgan fingerprint density at radius 1 is 0.962 bits per heavy atom. The summed E-state index contributed by atoms with van der Waals surface area (Å²) in [6.45, 7) is 2.97. The van der Waals surface area contributed by atoms with Crippen molar-refractivity contribution in [3.63, 3.8) is 0 Å². The number of aromatic nitrogens is 1. The fourth-order valence-electron chi connectivity index (χ4n) is 2.97. The van der Waals surface area contributed by atoms with Gasteiger partial charge in [0.2, 0.25) is 0 Å². The Balaban J connectivity index is 1.74. The Kier molecular flexibility index (Phi) is 8.67. The number of carboxylic acid groups (broad SMARTS) is 1. The average Bonchev–Trinajstić information content (AvgIpc) is 2.67. The molecule has 0 aliphatic heterocycles. The largest absolute Gasteiger partial charge is 0.494 e. The van der Waals surface area contributed by atoms with E-state index in [-0.39, 0.29) is 5.69 Å². The molecule has 0 aliphatic rings. The van der Waals surface area contributed by atoms with Gasteiger partial charge < -0.3 is 9.84 Å². The van der Waals surface area contributed by atoms with Crippen LogP contribution in [0.5, 0.6) is 5.75 Å². The topological polar surface area (TPSA) is 59.4 Å². The number of hydrogen-bond acceptors (Lipinski definition) is 3. The molecule has 1 aromatic carbocycles. The van der Waals surface area contributed by atoms with Crippen molar-refractivity contribution < 1.29 is 14.6 Å². The monoisotopic (exact) mass is 355 g/mol. The first kappa shape index (κ1) is 20.0. The molecule has 0 radical (unpaired) electrons. The molecule has 26 heavy (non-hydrogen) atoms. The van der Waals surface area contributed by atoms with Crippen LogP contribution in [0.1, 0.15) is 68.8 Å². The third-order valence-corrected chi connectivity index (χ3v) is 4.44. The summed E-state index contributed by atoms with van der Waals surface area (Å²) in [5.41, 5.74) is 1.52. The lowest BCUT2D eigenvalue weighted by Crippen LogP contribution is -2.02. The molecule has 0 atom stereocenters. The Morgan fingerprint density at radius 3 is 2.27 bits per heavy atom. The van der Waals surface area contributed by atoms with Gasteiger partial charge in [0.15, 0.2) is 5.69 Å². The summed E-state index contributed by atoms with van der Waals surface area (Å²) in [5.74, 6) is -0.201. The number of benzene rings is 1. The molecular formula is C22H29NO3. The van der Waals surface area contributed by atoms with E-state index in [1.807, 2.05) is 24.3 Å². The molecule has 0 unspecified atom stereocenters. The van der Waals surface area contributed by atoms with Crippen molar-refractivity contribution in [2.75, 3.05) is 6.61 Å². The number of unbranched alkanes of at least 4 members (excludes halogenated alkanes) is 7. The van der Waals surface area contributed by atoms with Gasteiger partial charge >= 0.3 is 5.97 Å². The Bertz CT molecular complexity index is 667. The smallest absolute Gasteiger partial charge is 0.355 e. The SMILES string of the molecule is CCCCCCCCCCOc1ccc(-c2cccnc2C(=O)O)cc1. The highest BCUT2D eigenvalue weighted by Crippen LogP contribution is 2.25. The molecule has 4 heteroatoms. The predicted octanol–water partition coefficient (Wildman–Crippen LogP) is 5.97.